The lowest BCUT2D eigenvalue weighted by Gasteiger charge is -2.34. The lowest BCUT2D eigenvalue weighted by molar-refractivity contribution is -0.184. The van der Waals surface area contributed by atoms with Gasteiger partial charge in [-0.3, -0.25) is 11.3 Å². The Morgan fingerprint density at radius 1 is 1.06 bits per heavy atom. The molecule has 2 nitrogen and oxygen atoms in total. The van der Waals surface area contributed by atoms with Gasteiger partial charge in [0, 0.05) is 6.04 Å². The van der Waals surface area contributed by atoms with Crippen LogP contribution in [-0.4, -0.2) is 12.2 Å². The van der Waals surface area contributed by atoms with Gasteiger partial charge in [-0.2, -0.15) is 13.2 Å². The van der Waals surface area contributed by atoms with E-state index in [0.717, 1.165) is 12.3 Å². The second-order valence-electron chi connectivity index (χ2n) is 5.61. The number of hydrazine groups is 1. The maximum absolute atomic E-state index is 12.5. The van der Waals surface area contributed by atoms with Crippen LogP contribution >= 0.6 is 0 Å². The third-order valence-corrected chi connectivity index (χ3v) is 4.30. The molecular weight excluding hydrogens is 229 g/mol. The van der Waals surface area contributed by atoms with E-state index in [1.54, 1.807) is 0 Å². The average molecular weight is 250 g/mol. The van der Waals surface area contributed by atoms with Gasteiger partial charge in [0.15, 0.2) is 0 Å². The fourth-order valence-electron chi connectivity index (χ4n) is 2.96. The summed E-state index contributed by atoms with van der Waals surface area (Å²) >= 11 is 0. The highest BCUT2D eigenvalue weighted by Crippen LogP contribution is 2.42. The molecule has 2 aliphatic rings. The third kappa shape index (κ3) is 3.58. The van der Waals surface area contributed by atoms with E-state index < -0.39 is 12.1 Å². The summed E-state index contributed by atoms with van der Waals surface area (Å²) in [6.07, 6.45) is 1.42. The Morgan fingerprint density at radius 3 is 2.06 bits per heavy atom. The molecule has 0 aromatic rings. The summed E-state index contributed by atoms with van der Waals surface area (Å²) in [7, 11) is 0. The molecule has 0 spiro atoms. The van der Waals surface area contributed by atoms with Crippen molar-refractivity contribution in [3.63, 3.8) is 0 Å². The maximum atomic E-state index is 12.5. The number of nitrogens with two attached hydrogens (primary N) is 1. The Hall–Kier alpha value is -0.290. The van der Waals surface area contributed by atoms with Gasteiger partial charge in [-0.1, -0.05) is 12.8 Å². The van der Waals surface area contributed by atoms with E-state index in [4.69, 9.17) is 5.84 Å². The highest BCUT2D eigenvalue weighted by molar-refractivity contribution is 4.87. The molecule has 1 unspecified atom stereocenters. The molecular formula is C12H21F3N2. The van der Waals surface area contributed by atoms with Gasteiger partial charge in [-0.25, -0.2) is 0 Å². The van der Waals surface area contributed by atoms with Crippen LogP contribution in [0, 0.1) is 17.8 Å². The summed E-state index contributed by atoms with van der Waals surface area (Å²) < 4.78 is 37.6. The second kappa shape index (κ2) is 5.14. The number of halogens is 3. The Kier molecular flexibility index (Phi) is 3.98. The lowest BCUT2D eigenvalue weighted by Crippen LogP contribution is -2.43. The van der Waals surface area contributed by atoms with Crippen LogP contribution in [0.4, 0.5) is 13.2 Å². The maximum Gasteiger partial charge on any atom is 0.391 e. The minimum absolute atomic E-state index is 0.219. The van der Waals surface area contributed by atoms with Crippen LogP contribution < -0.4 is 11.3 Å². The van der Waals surface area contributed by atoms with Crippen molar-refractivity contribution in [2.24, 2.45) is 23.6 Å². The molecule has 2 fully saturated rings. The van der Waals surface area contributed by atoms with Crippen LogP contribution in [0.1, 0.15) is 44.9 Å². The van der Waals surface area contributed by atoms with Gasteiger partial charge in [-0.15, -0.1) is 0 Å². The molecule has 100 valence electrons. The van der Waals surface area contributed by atoms with E-state index in [1.165, 1.54) is 12.8 Å². The van der Waals surface area contributed by atoms with Gasteiger partial charge < -0.3 is 0 Å². The number of nitrogens with one attached hydrogen (secondary N) is 1. The molecule has 1 atom stereocenters. The summed E-state index contributed by atoms with van der Waals surface area (Å²) in [6, 6.07) is 0.219. The molecule has 0 aliphatic heterocycles. The van der Waals surface area contributed by atoms with Crippen molar-refractivity contribution in [1.82, 2.24) is 5.43 Å². The van der Waals surface area contributed by atoms with E-state index in [1.807, 2.05) is 0 Å². The summed E-state index contributed by atoms with van der Waals surface area (Å²) in [6.45, 7) is 0. The van der Waals surface area contributed by atoms with E-state index >= 15 is 0 Å². The zero-order valence-electron chi connectivity index (χ0n) is 9.97. The van der Waals surface area contributed by atoms with Gasteiger partial charge in [0.1, 0.15) is 0 Å². The Morgan fingerprint density at radius 2 is 1.65 bits per heavy atom. The zero-order chi connectivity index (χ0) is 12.5. The van der Waals surface area contributed by atoms with Crippen molar-refractivity contribution in [2.45, 2.75) is 57.2 Å². The molecule has 2 rings (SSSR count). The highest BCUT2D eigenvalue weighted by Gasteiger charge is 2.42. The van der Waals surface area contributed by atoms with Gasteiger partial charge in [0.25, 0.3) is 0 Å². The molecule has 0 saturated heterocycles. The first-order valence-corrected chi connectivity index (χ1v) is 6.53. The summed E-state index contributed by atoms with van der Waals surface area (Å²) in [4.78, 5) is 0. The molecule has 0 bridgehead atoms. The Labute approximate surface area is 100 Å². The number of hydrogen-bond acceptors (Lipinski definition) is 2. The quantitative estimate of drug-likeness (QED) is 0.594. The van der Waals surface area contributed by atoms with Crippen LogP contribution in [-0.2, 0) is 0 Å². The zero-order valence-corrected chi connectivity index (χ0v) is 9.97. The molecule has 2 aliphatic carbocycles. The normalized spacial score (nSPS) is 32.5. The van der Waals surface area contributed by atoms with Gasteiger partial charge >= 0.3 is 6.18 Å². The van der Waals surface area contributed by atoms with Gasteiger partial charge in [0.2, 0.25) is 0 Å². The molecule has 0 aromatic carbocycles. The minimum Gasteiger partial charge on any atom is -0.271 e. The summed E-state index contributed by atoms with van der Waals surface area (Å²) in [5, 5.41) is 0. The molecule has 2 saturated carbocycles. The molecule has 17 heavy (non-hydrogen) atoms. The predicted molar refractivity (Wildman–Crippen MR) is 60.0 cm³/mol. The third-order valence-electron chi connectivity index (χ3n) is 4.30. The van der Waals surface area contributed by atoms with Crippen molar-refractivity contribution < 1.29 is 13.2 Å². The van der Waals surface area contributed by atoms with Crippen LogP contribution in [0.5, 0.6) is 0 Å². The average Bonchev–Trinajstić information content (AvgIpc) is 3.09. The first-order valence-electron chi connectivity index (χ1n) is 6.53. The monoisotopic (exact) mass is 250 g/mol. The van der Waals surface area contributed by atoms with Crippen molar-refractivity contribution in [3.8, 4) is 0 Å². The topological polar surface area (TPSA) is 38.0 Å². The fourth-order valence-corrected chi connectivity index (χ4v) is 2.96. The number of alkyl halides is 3. The van der Waals surface area contributed by atoms with Crippen molar-refractivity contribution in [3.05, 3.63) is 0 Å². The second-order valence-corrected chi connectivity index (χ2v) is 5.61. The van der Waals surface area contributed by atoms with E-state index in [0.29, 0.717) is 18.8 Å². The largest absolute Gasteiger partial charge is 0.391 e. The van der Waals surface area contributed by atoms with Crippen LogP contribution in [0.3, 0.4) is 0 Å². The van der Waals surface area contributed by atoms with E-state index in [9.17, 15) is 13.2 Å². The summed E-state index contributed by atoms with van der Waals surface area (Å²) in [5.74, 6) is 5.54. The van der Waals surface area contributed by atoms with Gasteiger partial charge in [0.05, 0.1) is 5.92 Å². The van der Waals surface area contributed by atoms with Crippen molar-refractivity contribution in [2.75, 3.05) is 0 Å². The lowest BCUT2D eigenvalue weighted by atomic mass is 9.77. The standard InChI is InChI=1S/C12H21F3N2/c13-12(14,15)10-5-3-9(4-6-10)11(17-16)7-8-1-2-8/h8-11,17H,1-7,16H2. The smallest absolute Gasteiger partial charge is 0.271 e. The SMILES string of the molecule is NNC(CC1CC1)C1CCC(C(F)(F)F)CC1. The van der Waals surface area contributed by atoms with E-state index in [2.05, 4.69) is 5.43 Å². The molecule has 0 amide bonds. The van der Waals surface area contributed by atoms with Crippen molar-refractivity contribution in [1.29, 1.82) is 0 Å². The first kappa shape index (κ1) is 13.1. The number of hydrogen-bond donors (Lipinski definition) is 2. The van der Waals surface area contributed by atoms with Crippen molar-refractivity contribution >= 4 is 0 Å². The molecule has 0 heterocycles. The molecule has 0 radical (unpaired) electrons. The Balaban J connectivity index is 1.80. The van der Waals surface area contributed by atoms with Crippen LogP contribution in [0.15, 0.2) is 0 Å². The minimum atomic E-state index is -4.01. The van der Waals surface area contributed by atoms with Crippen LogP contribution in [0.25, 0.3) is 0 Å². The highest BCUT2D eigenvalue weighted by atomic mass is 19.4. The Bertz CT molecular complexity index is 243. The molecule has 0 aromatic heterocycles. The van der Waals surface area contributed by atoms with Gasteiger partial charge in [-0.05, 0) is 43.9 Å². The van der Waals surface area contributed by atoms with E-state index in [-0.39, 0.29) is 18.9 Å². The summed E-state index contributed by atoms with van der Waals surface area (Å²) in [5.41, 5.74) is 2.82. The fraction of sp³-hybridized carbons (Fsp3) is 1.00. The first-order chi connectivity index (χ1) is 8.00. The molecule has 5 heteroatoms. The predicted octanol–water partition coefficient (Wildman–Crippen LogP) is 2.99. The van der Waals surface area contributed by atoms with Crippen LogP contribution in [0.2, 0.25) is 0 Å². The molecule has 3 N–H and O–H groups in total. The number of rotatable bonds is 4.